The molecular formula is C8H13NO2S. The molecule has 0 aliphatic carbocycles. The number of amides is 2. The largest absolute Gasteiger partial charge is 0.290 e. The van der Waals surface area contributed by atoms with Gasteiger partial charge < -0.3 is 0 Å². The monoisotopic (exact) mass is 187 g/mol. The molecular weight excluding hydrogens is 174 g/mol. The van der Waals surface area contributed by atoms with Crippen LogP contribution in [0.1, 0.15) is 21.3 Å². The summed E-state index contributed by atoms with van der Waals surface area (Å²) >= 11 is 0.964. The van der Waals surface area contributed by atoms with Crippen molar-refractivity contribution in [3.8, 4) is 0 Å². The molecule has 12 heavy (non-hydrogen) atoms. The summed E-state index contributed by atoms with van der Waals surface area (Å²) in [6, 6.07) is 0. The van der Waals surface area contributed by atoms with Crippen molar-refractivity contribution in [2.75, 3.05) is 0 Å². The van der Waals surface area contributed by atoms with Gasteiger partial charge in [-0.05, 0) is 17.7 Å². The molecule has 0 bridgehead atoms. The minimum absolute atomic E-state index is 0. The van der Waals surface area contributed by atoms with E-state index in [1.807, 2.05) is 13.8 Å². The van der Waals surface area contributed by atoms with E-state index in [0.29, 0.717) is 10.8 Å². The Hall–Kier alpha value is -0.770. The summed E-state index contributed by atoms with van der Waals surface area (Å²) in [7, 11) is 0. The predicted octanol–water partition coefficient (Wildman–Crippen LogP) is 2.15. The molecule has 4 heteroatoms. The zero-order valence-electron chi connectivity index (χ0n) is 6.38. The molecule has 1 aliphatic rings. The average Bonchev–Trinajstić information content (AvgIpc) is 2.09. The normalized spacial score (nSPS) is 19.8. The molecule has 0 aromatic heterocycles. The maximum absolute atomic E-state index is 10.9. The minimum Gasteiger partial charge on any atom is -0.282 e. The van der Waals surface area contributed by atoms with Gasteiger partial charge in [-0.1, -0.05) is 27.4 Å². The molecule has 1 aliphatic heterocycles. The molecule has 0 aromatic rings. The molecule has 1 saturated heterocycles. The summed E-state index contributed by atoms with van der Waals surface area (Å²) in [5.74, 6) is 0.0304. The van der Waals surface area contributed by atoms with Crippen molar-refractivity contribution in [2.24, 2.45) is 5.92 Å². The van der Waals surface area contributed by atoms with Crippen LogP contribution in [0.4, 0.5) is 4.79 Å². The Labute approximate surface area is 76.6 Å². The molecule has 1 N–H and O–H groups in total. The van der Waals surface area contributed by atoms with Crippen LogP contribution < -0.4 is 5.32 Å². The average molecular weight is 187 g/mol. The molecule has 1 fully saturated rings. The molecule has 2 amide bonds. The van der Waals surface area contributed by atoms with E-state index in [4.69, 9.17) is 0 Å². The van der Waals surface area contributed by atoms with Crippen LogP contribution in [0.3, 0.4) is 0 Å². The van der Waals surface area contributed by atoms with E-state index in [9.17, 15) is 9.59 Å². The Morgan fingerprint density at radius 1 is 1.42 bits per heavy atom. The van der Waals surface area contributed by atoms with E-state index in [0.717, 1.165) is 11.8 Å². The second-order valence-electron chi connectivity index (χ2n) is 2.62. The molecule has 3 nitrogen and oxygen atoms in total. The number of imide groups is 1. The van der Waals surface area contributed by atoms with Crippen LogP contribution in [0, 0.1) is 5.92 Å². The molecule has 0 unspecified atom stereocenters. The quantitative estimate of drug-likeness (QED) is 0.640. The zero-order chi connectivity index (χ0) is 8.43. The highest BCUT2D eigenvalue weighted by molar-refractivity contribution is 8.18. The van der Waals surface area contributed by atoms with Gasteiger partial charge in [-0.25, -0.2) is 0 Å². The number of thioether (sulfide) groups is 1. The van der Waals surface area contributed by atoms with Crippen LogP contribution >= 0.6 is 11.8 Å². The smallest absolute Gasteiger partial charge is 0.282 e. The van der Waals surface area contributed by atoms with Crippen LogP contribution in [-0.2, 0) is 4.79 Å². The first-order valence-electron chi connectivity index (χ1n) is 3.34. The maximum atomic E-state index is 10.9. The van der Waals surface area contributed by atoms with E-state index >= 15 is 0 Å². The van der Waals surface area contributed by atoms with Gasteiger partial charge in [0.1, 0.15) is 0 Å². The highest BCUT2D eigenvalue weighted by atomic mass is 32.2. The Kier molecular flexibility index (Phi) is 4.03. The number of hydrogen-bond acceptors (Lipinski definition) is 3. The second kappa shape index (κ2) is 4.30. The predicted molar refractivity (Wildman–Crippen MR) is 50.8 cm³/mol. The lowest BCUT2D eigenvalue weighted by atomic mass is 10.2. The van der Waals surface area contributed by atoms with E-state index in [1.165, 1.54) is 0 Å². The zero-order valence-corrected chi connectivity index (χ0v) is 7.20. The SMILES string of the molecule is C.CC(C)/C=C1\SC(=O)NC1=O. The van der Waals surface area contributed by atoms with Crippen molar-refractivity contribution in [3.63, 3.8) is 0 Å². The van der Waals surface area contributed by atoms with Crippen LogP contribution in [0.5, 0.6) is 0 Å². The fourth-order valence-corrected chi connectivity index (χ4v) is 1.57. The number of carbonyl (C=O) groups excluding carboxylic acids is 2. The molecule has 0 aromatic carbocycles. The topological polar surface area (TPSA) is 46.2 Å². The van der Waals surface area contributed by atoms with Gasteiger partial charge in [0.15, 0.2) is 0 Å². The summed E-state index contributed by atoms with van der Waals surface area (Å²) in [6.45, 7) is 3.92. The van der Waals surface area contributed by atoms with Crippen molar-refractivity contribution in [1.29, 1.82) is 0 Å². The molecule has 0 saturated carbocycles. The van der Waals surface area contributed by atoms with Gasteiger partial charge >= 0.3 is 0 Å². The standard InChI is InChI=1S/C7H9NO2S.CH4/c1-4(2)3-5-6(9)8-7(10)11-5;/h3-4H,1-2H3,(H,8,9,10);1H4/b5-3-;. The van der Waals surface area contributed by atoms with E-state index in [2.05, 4.69) is 5.32 Å². The highest BCUT2D eigenvalue weighted by Crippen LogP contribution is 2.24. The summed E-state index contributed by atoms with van der Waals surface area (Å²) in [6.07, 6.45) is 1.78. The van der Waals surface area contributed by atoms with Gasteiger partial charge in [0.2, 0.25) is 0 Å². The summed E-state index contributed by atoms with van der Waals surface area (Å²) in [4.78, 5) is 22.1. The first-order valence-corrected chi connectivity index (χ1v) is 4.16. The number of hydrogen-bond donors (Lipinski definition) is 1. The molecule has 1 rings (SSSR count). The summed E-state index contributed by atoms with van der Waals surface area (Å²) in [5, 5.41) is 1.91. The van der Waals surface area contributed by atoms with Crippen molar-refractivity contribution in [1.82, 2.24) is 5.32 Å². The van der Waals surface area contributed by atoms with Crippen molar-refractivity contribution in [2.45, 2.75) is 21.3 Å². The van der Waals surface area contributed by atoms with Gasteiger partial charge in [-0.3, -0.25) is 14.9 Å². The van der Waals surface area contributed by atoms with Crippen molar-refractivity contribution in [3.05, 3.63) is 11.0 Å². The van der Waals surface area contributed by atoms with E-state index in [1.54, 1.807) is 6.08 Å². The Bertz CT molecular complexity index is 233. The Morgan fingerprint density at radius 3 is 2.33 bits per heavy atom. The second-order valence-corrected chi connectivity index (χ2v) is 3.63. The van der Waals surface area contributed by atoms with Crippen molar-refractivity contribution >= 4 is 22.9 Å². The van der Waals surface area contributed by atoms with E-state index in [-0.39, 0.29) is 18.6 Å². The third kappa shape index (κ3) is 2.70. The summed E-state index contributed by atoms with van der Waals surface area (Å²) < 4.78 is 0. The summed E-state index contributed by atoms with van der Waals surface area (Å²) in [5.41, 5.74) is 0. The first-order chi connectivity index (χ1) is 5.09. The van der Waals surface area contributed by atoms with Gasteiger partial charge in [0.05, 0.1) is 4.91 Å². The third-order valence-corrected chi connectivity index (χ3v) is 1.96. The van der Waals surface area contributed by atoms with Gasteiger partial charge in [-0.2, -0.15) is 0 Å². The molecule has 1 heterocycles. The lowest BCUT2D eigenvalue weighted by molar-refractivity contribution is -0.115. The third-order valence-electron chi connectivity index (χ3n) is 1.13. The molecule has 0 atom stereocenters. The van der Waals surface area contributed by atoms with Crippen molar-refractivity contribution < 1.29 is 9.59 Å². The number of nitrogens with one attached hydrogen (secondary N) is 1. The number of carbonyl (C=O) groups is 2. The Balaban J connectivity index is 0.00000121. The number of rotatable bonds is 1. The fourth-order valence-electron chi connectivity index (χ4n) is 0.738. The molecule has 0 spiro atoms. The van der Waals surface area contributed by atoms with Crippen LogP contribution in [0.2, 0.25) is 0 Å². The number of allylic oxidation sites excluding steroid dienone is 1. The fraction of sp³-hybridized carbons (Fsp3) is 0.500. The maximum Gasteiger partial charge on any atom is 0.290 e. The lowest BCUT2D eigenvalue weighted by Gasteiger charge is -1.94. The molecule has 68 valence electrons. The molecule has 0 radical (unpaired) electrons. The highest BCUT2D eigenvalue weighted by Gasteiger charge is 2.24. The van der Waals surface area contributed by atoms with Crippen LogP contribution in [-0.4, -0.2) is 11.1 Å². The Morgan fingerprint density at radius 2 is 2.00 bits per heavy atom. The van der Waals surface area contributed by atoms with Crippen LogP contribution in [0.25, 0.3) is 0 Å². The van der Waals surface area contributed by atoms with Gasteiger partial charge in [0.25, 0.3) is 11.1 Å². The van der Waals surface area contributed by atoms with Gasteiger partial charge in [0, 0.05) is 0 Å². The minimum atomic E-state index is -0.276. The van der Waals surface area contributed by atoms with Crippen LogP contribution in [0.15, 0.2) is 11.0 Å². The lowest BCUT2D eigenvalue weighted by Crippen LogP contribution is -2.18. The van der Waals surface area contributed by atoms with Gasteiger partial charge in [-0.15, -0.1) is 0 Å². The van der Waals surface area contributed by atoms with E-state index < -0.39 is 0 Å². The first kappa shape index (κ1) is 11.2.